The lowest BCUT2D eigenvalue weighted by Gasteiger charge is -2.27. The van der Waals surface area contributed by atoms with Crippen LogP contribution in [0.5, 0.6) is 11.5 Å². The number of benzene rings is 2. The molecule has 0 aliphatic carbocycles. The maximum atomic E-state index is 13.4. The van der Waals surface area contributed by atoms with Gasteiger partial charge in [-0.15, -0.1) is 0 Å². The standard InChI is InChI=1S/C30H31N3O5/c1-3-19-38-25-14-12-23(20-26(25)37-4-2)28-27(24(34)13-11-22-9-6-5-7-10-22)29(35)30(36)33(28)17-8-16-32-18-15-31-21-32/h3,5-7,9-15,18,20-21,28,35H,1,4,8,16-17,19H2,2H3. The van der Waals surface area contributed by atoms with Gasteiger partial charge in [0.1, 0.15) is 6.61 Å². The topological polar surface area (TPSA) is 93.9 Å². The van der Waals surface area contributed by atoms with Crippen LogP contribution in [-0.2, 0) is 16.1 Å². The molecule has 1 atom stereocenters. The molecule has 3 aromatic rings. The lowest BCUT2D eigenvalue weighted by molar-refractivity contribution is -0.129. The summed E-state index contributed by atoms with van der Waals surface area (Å²) in [5.74, 6) is -0.550. The SMILES string of the molecule is C=CCOc1ccc(C2C(C(=O)C=Cc3ccccc3)=C(O)C(=O)N2CCCn2ccnc2)cc1OCC. The molecule has 196 valence electrons. The number of imidazole rings is 1. The maximum absolute atomic E-state index is 13.4. The van der Waals surface area contributed by atoms with E-state index in [0.29, 0.717) is 49.8 Å². The van der Waals surface area contributed by atoms with Gasteiger partial charge in [-0.2, -0.15) is 0 Å². The molecule has 4 rings (SSSR count). The summed E-state index contributed by atoms with van der Waals surface area (Å²) in [6.45, 7) is 7.20. The number of hydrogen-bond donors (Lipinski definition) is 1. The van der Waals surface area contributed by atoms with Crippen LogP contribution in [0, 0.1) is 0 Å². The van der Waals surface area contributed by atoms with Crippen molar-refractivity contribution in [2.45, 2.75) is 25.9 Å². The first-order chi connectivity index (χ1) is 18.5. The first kappa shape index (κ1) is 26.5. The van der Waals surface area contributed by atoms with E-state index in [1.54, 1.807) is 42.9 Å². The summed E-state index contributed by atoms with van der Waals surface area (Å²) in [5, 5.41) is 10.9. The van der Waals surface area contributed by atoms with Crippen LogP contribution in [-0.4, -0.2) is 51.0 Å². The summed E-state index contributed by atoms with van der Waals surface area (Å²) >= 11 is 0. The maximum Gasteiger partial charge on any atom is 0.290 e. The second-order valence-corrected chi connectivity index (χ2v) is 8.66. The number of ether oxygens (including phenoxy) is 2. The van der Waals surface area contributed by atoms with Crippen molar-refractivity contribution in [3.8, 4) is 11.5 Å². The van der Waals surface area contributed by atoms with Crippen LogP contribution >= 0.6 is 0 Å². The van der Waals surface area contributed by atoms with Crippen molar-refractivity contribution in [2.75, 3.05) is 19.8 Å². The van der Waals surface area contributed by atoms with Gasteiger partial charge in [0.15, 0.2) is 23.0 Å². The second kappa shape index (κ2) is 12.6. The van der Waals surface area contributed by atoms with Crippen molar-refractivity contribution < 1.29 is 24.2 Å². The minimum atomic E-state index is -0.786. The van der Waals surface area contributed by atoms with E-state index in [1.165, 1.54) is 11.0 Å². The van der Waals surface area contributed by atoms with E-state index in [0.717, 1.165) is 5.56 Å². The van der Waals surface area contributed by atoms with Crippen LogP contribution in [0.25, 0.3) is 6.08 Å². The Morgan fingerprint density at radius 2 is 1.95 bits per heavy atom. The quantitative estimate of drug-likeness (QED) is 0.258. The Kier molecular flexibility index (Phi) is 8.77. The molecule has 0 saturated carbocycles. The lowest BCUT2D eigenvalue weighted by Crippen LogP contribution is -2.32. The molecule has 8 heteroatoms. The highest BCUT2D eigenvalue weighted by molar-refractivity contribution is 6.14. The van der Waals surface area contributed by atoms with Crippen LogP contribution in [0.2, 0.25) is 0 Å². The van der Waals surface area contributed by atoms with Gasteiger partial charge in [-0.25, -0.2) is 4.98 Å². The molecule has 1 aliphatic rings. The van der Waals surface area contributed by atoms with Gasteiger partial charge in [0.25, 0.3) is 5.91 Å². The predicted molar refractivity (Wildman–Crippen MR) is 145 cm³/mol. The number of aliphatic hydroxyl groups excluding tert-OH is 1. The third-order valence-corrected chi connectivity index (χ3v) is 6.11. The molecular weight excluding hydrogens is 482 g/mol. The average Bonchev–Trinajstić information content (AvgIpc) is 3.54. The number of carbonyl (C=O) groups is 2. The highest BCUT2D eigenvalue weighted by atomic mass is 16.5. The zero-order valence-electron chi connectivity index (χ0n) is 21.3. The molecule has 1 unspecified atom stereocenters. The molecule has 0 saturated heterocycles. The molecule has 1 amide bonds. The third kappa shape index (κ3) is 6.03. The monoisotopic (exact) mass is 513 g/mol. The van der Waals surface area contributed by atoms with Crippen molar-refractivity contribution in [3.05, 3.63) is 108 Å². The normalized spacial score (nSPS) is 15.3. The van der Waals surface area contributed by atoms with Gasteiger partial charge in [0.2, 0.25) is 0 Å². The van der Waals surface area contributed by atoms with Crippen LogP contribution in [0.3, 0.4) is 0 Å². The van der Waals surface area contributed by atoms with Gasteiger partial charge in [-0.05, 0) is 42.7 Å². The molecule has 0 fully saturated rings. The van der Waals surface area contributed by atoms with E-state index in [4.69, 9.17) is 9.47 Å². The van der Waals surface area contributed by atoms with E-state index in [1.807, 2.05) is 48.0 Å². The third-order valence-electron chi connectivity index (χ3n) is 6.11. The highest BCUT2D eigenvalue weighted by Crippen LogP contribution is 2.41. The van der Waals surface area contributed by atoms with Crippen molar-refractivity contribution in [3.63, 3.8) is 0 Å². The number of rotatable bonds is 13. The van der Waals surface area contributed by atoms with E-state index >= 15 is 0 Å². The van der Waals surface area contributed by atoms with Crippen molar-refractivity contribution in [2.24, 2.45) is 0 Å². The van der Waals surface area contributed by atoms with Gasteiger partial charge >= 0.3 is 0 Å². The van der Waals surface area contributed by atoms with E-state index in [2.05, 4.69) is 11.6 Å². The van der Waals surface area contributed by atoms with Gasteiger partial charge in [-0.3, -0.25) is 9.59 Å². The number of amides is 1. The van der Waals surface area contributed by atoms with Gasteiger partial charge in [-0.1, -0.05) is 55.1 Å². The molecule has 2 aromatic carbocycles. The van der Waals surface area contributed by atoms with Gasteiger partial charge < -0.3 is 24.0 Å². The first-order valence-corrected chi connectivity index (χ1v) is 12.5. The summed E-state index contributed by atoms with van der Waals surface area (Å²) < 4.78 is 13.4. The minimum absolute atomic E-state index is 0.0343. The minimum Gasteiger partial charge on any atom is -0.503 e. The number of hydrogen-bond acceptors (Lipinski definition) is 6. The Balaban J connectivity index is 1.68. The molecule has 0 spiro atoms. The lowest BCUT2D eigenvalue weighted by atomic mass is 9.95. The molecule has 8 nitrogen and oxygen atoms in total. The van der Waals surface area contributed by atoms with Crippen LogP contribution in [0.4, 0.5) is 0 Å². The molecule has 1 aliphatic heterocycles. The number of aliphatic hydroxyl groups is 1. The van der Waals surface area contributed by atoms with Crippen molar-refractivity contribution in [1.82, 2.24) is 14.5 Å². The molecule has 2 heterocycles. The molecule has 0 radical (unpaired) electrons. The van der Waals surface area contributed by atoms with Crippen molar-refractivity contribution in [1.29, 1.82) is 0 Å². The number of allylic oxidation sites excluding steroid dienone is 1. The first-order valence-electron chi connectivity index (χ1n) is 12.5. The fourth-order valence-corrected chi connectivity index (χ4v) is 4.38. The Hall–Kier alpha value is -4.59. The zero-order chi connectivity index (χ0) is 26.9. The van der Waals surface area contributed by atoms with Gasteiger partial charge in [0, 0.05) is 25.5 Å². The summed E-state index contributed by atoms with van der Waals surface area (Å²) in [7, 11) is 0. The molecule has 38 heavy (non-hydrogen) atoms. The molecule has 1 aromatic heterocycles. The van der Waals surface area contributed by atoms with Crippen molar-refractivity contribution >= 4 is 17.8 Å². The summed E-state index contributed by atoms with van der Waals surface area (Å²) in [4.78, 5) is 32.2. The van der Waals surface area contributed by atoms with E-state index < -0.39 is 23.5 Å². The number of ketones is 1. The predicted octanol–water partition coefficient (Wildman–Crippen LogP) is 4.91. The van der Waals surface area contributed by atoms with Crippen LogP contribution in [0.15, 0.2) is 97.3 Å². The number of aryl methyl sites for hydroxylation is 1. The van der Waals surface area contributed by atoms with Crippen LogP contribution in [0.1, 0.15) is 30.5 Å². The zero-order valence-corrected chi connectivity index (χ0v) is 21.3. The largest absolute Gasteiger partial charge is 0.503 e. The number of carbonyl (C=O) groups excluding carboxylic acids is 2. The average molecular weight is 514 g/mol. The van der Waals surface area contributed by atoms with E-state index in [-0.39, 0.29) is 5.57 Å². The second-order valence-electron chi connectivity index (χ2n) is 8.66. The molecule has 1 N–H and O–H groups in total. The fourth-order valence-electron chi connectivity index (χ4n) is 4.38. The Morgan fingerprint density at radius 3 is 2.66 bits per heavy atom. The smallest absolute Gasteiger partial charge is 0.290 e. The summed E-state index contributed by atoms with van der Waals surface area (Å²) in [5.41, 5.74) is 1.50. The number of nitrogens with zero attached hydrogens (tertiary/aromatic N) is 3. The summed E-state index contributed by atoms with van der Waals surface area (Å²) in [6, 6.07) is 13.9. The molecular formula is C30H31N3O5. The Morgan fingerprint density at radius 1 is 1.13 bits per heavy atom. The van der Waals surface area contributed by atoms with E-state index in [9.17, 15) is 14.7 Å². The molecule has 0 bridgehead atoms. The van der Waals surface area contributed by atoms with Crippen LogP contribution < -0.4 is 9.47 Å². The highest BCUT2D eigenvalue weighted by Gasteiger charge is 2.42. The fraction of sp³-hybridized carbons (Fsp3) is 0.233. The van der Waals surface area contributed by atoms with Gasteiger partial charge in [0.05, 0.1) is 24.5 Å². The summed E-state index contributed by atoms with van der Waals surface area (Å²) in [6.07, 6.45) is 10.5. The Bertz CT molecular complexity index is 1330. The number of aromatic nitrogens is 2. The Labute approximate surface area is 222 Å².